The molecular formula is C16H27Cl2N3O2. The van der Waals surface area contributed by atoms with Crippen LogP contribution in [-0.4, -0.2) is 41.7 Å². The standard InChI is InChI=1S/C16H25N3O2.2ClH/c1-12(10-17)16(21)18-14-4-2-3-13(9-14)11-19-7-5-15(20)6-8-19;;/h2-4,9,12,15,20H,5-8,10-11,17H2,1H3,(H,18,21);2*1H. The summed E-state index contributed by atoms with van der Waals surface area (Å²) >= 11 is 0. The van der Waals surface area contributed by atoms with Gasteiger partial charge in [-0.15, -0.1) is 24.8 Å². The third-order valence-electron chi connectivity index (χ3n) is 3.96. The van der Waals surface area contributed by atoms with Gasteiger partial charge in [0.25, 0.3) is 0 Å². The van der Waals surface area contributed by atoms with E-state index in [-0.39, 0.29) is 42.7 Å². The van der Waals surface area contributed by atoms with Gasteiger partial charge in [0.15, 0.2) is 0 Å². The van der Waals surface area contributed by atoms with Crippen molar-refractivity contribution >= 4 is 36.4 Å². The molecular weight excluding hydrogens is 337 g/mol. The fraction of sp³-hybridized carbons (Fsp3) is 0.562. The molecule has 1 heterocycles. The molecule has 132 valence electrons. The first kappa shape index (κ1) is 22.1. The molecule has 1 amide bonds. The first-order valence-electron chi connectivity index (χ1n) is 7.58. The van der Waals surface area contributed by atoms with Gasteiger partial charge in [0.05, 0.1) is 6.10 Å². The maximum Gasteiger partial charge on any atom is 0.228 e. The van der Waals surface area contributed by atoms with Gasteiger partial charge in [-0.25, -0.2) is 0 Å². The molecule has 1 unspecified atom stereocenters. The van der Waals surface area contributed by atoms with E-state index >= 15 is 0 Å². The van der Waals surface area contributed by atoms with Crippen LogP contribution in [0.2, 0.25) is 0 Å². The van der Waals surface area contributed by atoms with Crippen molar-refractivity contribution in [2.24, 2.45) is 11.7 Å². The van der Waals surface area contributed by atoms with Crippen LogP contribution < -0.4 is 11.1 Å². The molecule has 1 aliphatic rings. The largest absolute Gasteiger partial charge is 0.393 e. The van der Waals surface area contributed by atoms with Crippen LogP contribution in [0.4, 0.5) is 5.69 Å². The van der Waals surface area contributed by atoms with Gasteiger partial charge in [-0.05, 0) is 30.5 Å². The number of halogens is 2. The number of anilines is 1. The lowest BCUT2D eigenvalue weighted by Gasteiger charge is -2.29. The third kappa shape index (κ3) is 7.06. The number of nitrogens with two attached hydrogens (primary N) is 1. The molecule has 7 heteroatoms. The summed E-state index contributed by atoms with van der Waals surface area (Å²) in [5, 5.41) is 12.4. The molecule has 1 aromatic carbocycles. The summed E-state index contributed by atoms with van der Waals surface area (Å²) in [6.07, 6.45) is 1.53. The molecule has 0 bridgehead atoms. The number of rotatable bonds is 5. The molecule has 2 rings (SSSR count). The van der Waals surface area contributed by atoms with Gasteiger partial charge in [0.1, 0.15) is 0 Å². The van der Waals surface area contributed by atoms with Crippen LogP contribution in [0.25, 0.3) is 0 Å². The highest BCUT2D eigenvalue weighted by molar-refractivity contribution is 5.92. The number of hydrogen-bond donors (Lipinski definition) is 3. The molecule has 1 aromatic rings. The zero-order chi connectivity index (χ0) is 15.2. The summed E-state index contributed by atoms with van der Waals surface area (Å²) in [5.41, 5.74) is 7.49. The van der Waals surface area contributed by atoms with E-state index in [1.54, 1.807) is 0 Å². The van der Waals surface area contributed by atoms with E-state index in [1.165, 1.54) is 5.56 Å². The molecule has 0 aliphatic carbocycles. The third-order valence-corrected chi connectivity index (χ3v) is 3.96. The maximum absolute atomic E-state index is 11.9. The number of amides is 1. The summed E-state index contributed by atoms with van der Waals surface area (Å²) in [6, 6.07) is 7.92. The molecule has 0 saturated carbocycles. The van der Waals surface area contributed by atoms with Crippen molar-refractivity contribution in [1.82, 2.24) is 4.90 Å². The Labute approximate surface area is 150 Å². The van der Waals surface area contributed by atoms with Crippen molar-refractivity contribution in [3.63, 3.8) is 0 Å². The zero-order valence-electron chi connectivity index (χ0n) is 13.4. The highest BCUT2D eigenvalue weighted by Crippen LogP contribution is 2.17. The average Bonchev–Trinajstić information content (AvgIpc) is 2.49. The SMILES string of the molecule is CC(CN)C(=O)Nc1cccc(CN2CCC(O)CC2)c1.Cl.Cl. The quantitative estimate of drug-likeness (QED) is 0.747. The maximum atomic E-state index is 11.9. The summed E-state index contributed by atoms with van der Waals surface area (Å²) in [7, 11) is 0. The molecule has 1 aliphatic heterocycles. The van der Waals surface area contributed by atoms with Gasteiger partial charge >= 0.3 is 0 Å². The van der Waals surface area contributed by atoms with E-state index in [4.69, 9.17) is 5.73 Å². The minimum Gasteiger partial charge on any atom is -0.393 e. The van der Waals surface area contributed by atoms with Crippen molar-refractivity contribution < 1.29 is 9.90 Å². The Kier molecular flexibility index (Phi) is 10.4. The molecule has 0 radical (unpaired) electrons. The smallest absolute Gasteiger partial charge is 0.228 e. The highest BCUT2D eigenvalue weighted by atomic mass is 35.5. The lowest BCUT2D eigenvalue weighted by Crippen LogP contribution is -2.35. The molecule has 1 saturated heterocycles. The Hall–Kier alpha value is -0.850. The van der Waals surface area contributed by atoms with E-state index in [0.29, 0.717) is 6.54 Å². The van der Waals surface area contributed by atoms with E-state index in [9.17, 15) is 9.90 Å². The summed E-state index contributed by atoms with van der Waals surface area (Å²) in [4.78, 5) is 14.2. The van der Waals surface area contributed by atoms with Crippen LogP contribution in [0.15, 0.2) is 24.3 Å². The van der Waals surface area contributed by atoms with Crippen molar-refractivity contribution in [3.05, 3.63) is 29.8 Å². The second-order valence-electron chi connectivity index (χ2n) is 5.83. The van der Waals surface area contributed by atoms with Crippen molar-refractivity contribution in [3.8, 4) is 0 Å². The first-order valence-corrected chi connectivity index (χ1v) is 7.58. The van der Waals surface area contributed by atoms with Crippen molar-refractivity contribution in [2.75, 3.05) is 25.0 Å². The number of piperidine rings is 1. The van der Waals surface area contributed by atoms with E-state index in [2.05, 4.69) is 16.3 Å². The van der Waals surface area contributed by atoms with E-state index in [0.717, 1.165) is 38.2 Å². The van der Waals surface area contributed by atoms with Gasteiger partial charge < -0.3 is 16.2 Å². The molecule has 4 N–H and O–H groups in total. The number of carbonyl (C=O) groups is 1. The van der Waals surface area contributed by atoms with Gasteiger partial charge in [0, 0.05) is 37.8 Å². The van der Waals surface area contributed by atoms with Gasteiger partial charge in [-0.2, -0.15) is 0 Å². The fourth-order valence-electron chi connectivity index (χ4n) is 2.46. The molecule has 0 aromatic heterocycles. The van der Waals surface area contributed by atoms with E-state index < -0.39 is 0 Å². The lowest BCUT2D eigenvalue weighted by atomic mass is 10.1. The summed E-state index contributed by atoms with van der Waals surface area (Å²) in [5.74, 6) is -0.229. The number of aliphatic hydroxyl groups excluding tert-OH is 1. The van der Waals surface area contributed by atoms with Crippen LogP contribution in [-0.2, 0) is 11.3 Å². The van der Waals surface area contributed by atoms with Crippen LogP contribution in [0.1, 0.15) is 25.3 Å². The molecule has 1 fully saturated rings. The minimum absolute atomic E-state index is 0. The highest BCUT2D eigenvalue weighted by Gasteiger charge is 2.17. The first-order chi connectivity index (χ1) is 10.1. The molecule has 0 spiro atoms. The summed E-state index contributed by atoms with van der Waals surface area (Å²) in [6.45, 7) is 4.85. The van der Waals surface area contributed by atoms with Crippen molar-refractivity contribution in [2.45, 2.75) is 32.4 Å². The van der Waals surface area contributed by atoms with Crippen LogP contribution >= 0.6 is 24.8 Å². The van der Waals surface area contributed by atoms with Gasteiger partial charge in [-0.1, -0.05) is 19.1 Å². The number of likely N-dealkylation sites (tertiary alicyclic amines) is 1. The number of nitrogens with one attached hydrogen (secondary N) is 1. The van der Waals surface area contributed by atoms with Gasteiger partial charge in [-0.3, -0.25) is 9.69 Å². The fourth-order valence-corrected chi connectivity index (χ4v) is 2.46. The second kappa shape index (κ2) is 10.8. The van der Waals surface area contributed by atoms with Crippen LogP contribution in [0.5, 0.6) is 0 Å². The Balaban J connectivity index is 0.00000242. The Bertz CT molecular complexity index is 480. The molecule has 23 heavy (non-hydrogen) atoms. The predicted octanol–water partition coefficient (Wildman–Crippen LogP) is 2.02. The second-order valence-corrected chi connectivity index (χ2v) is 5.83. The monoisotopic (exact) mass is 363 g/mol. The normalized spacial score (nSPS) is 16.8. The Morgan fingerprint density at radius 1 is 1.39 bits per heavy atom. The van der Waals surface area contributed by atoms with Crippen molar-refractivity contribution in [1.29, 1.82) is 0 Å². The predicted molar refractivity (Wildman–Crippen MR) is 98.3 cm³/mol. The lowest BCUT2D eigenvalue weighted by molar-refractivity contribution is -0.119. The van der Waals surface area contributed by atoms with Gasteiger partial charge in [0.2, 0.25) is 5.91 Å². The number of carbonyl (C=O) groups excluding carboxylic acids is 1. The number of hydrogen-bond acceptors (Lipinski definition) is 4. The molecule has 1 atom stereocenters. The minimum atomic E-state index is -0.183. The number of benzene rings is 1. The molecule has 5 nitrogen and oxygen atoms in total. The number of nitrogens with zero attached hydrogens (tertiary/aromatic N) is 1. The van der Waals surface area contributed by atoms with E-state index in [1.807, 2.05) is 25.1 Å². The average molecular weight is 364 g/mol. The number of aliphatic hydroxyl groups is 1. The topological polar surface area (TPSA) is 78.6 Å². The Morgan fingerprint density at radius 3 is 2.65 bits per heavy atom. The van der Waals surface area contributed by atoms with Crippen LogP contribution in [0.3, 0.4) is 0 Å². The summed E-state index contributed by atoms with van der Waals surface area (Å²) < 4.78 is 0. The van der Waals surface area contributed by atoms with Crippen LogP contribution in [0, 0.1) is 5.92 Å². The Morgan fingerprint density at radius 2 is 2.04 bits per heavy atom. The zero-order valence-corrected chi connectivity index (χ0v) is 15.0.